The molecule has 156 valence electrons. The number of hydrogen-bond donors (Lipinski definition) is 3. The van der Waals surface area contributed by atoms with Crippen LogP contribution in [0, 0.1) is 0 Å². The molecule has 0 bridgehead atoms. The van der Waals surface area contributed by atoms with Gasteiger partial charge in [0.1, 0.15) is 6.04 Å². The zero-order chi connectivity index (χ0) is 20.9. The van der Waals surface area contributed by atoms with Crippen molar-refractivity contribution in [2.45, 2.75) is 18.9 Å². The highest BCUT2D eigenvalue weighted by atomic mass is 16.5. The van der Waals surface area contributed by atoms with Gasteiger partial charge in [-0.25, -0.2) is 0 Å². The van der Waals surface area contributed by atoms with Gasteiger partial charge in [0.05, 0.1) is 24.5 Å². The van der Waals surface area contributed by atoms with Gasteiger partial charge in [0, 0.05) is 30.9 Å². The SMILES string of the molecule is O=C(CCC1NC(=O)c2ccccc2NC1=O)Nc1ccc(N2CCOCC2)cc1. The van der Waals surface area contributed by atoms with E-state index in [9.17, 15) is 14.4 Å². The molecule has 1 atom stereocenters. The summed E-state index contributed by atoms with van der Waals surface area (Å²) in [6, 6.07) is 13.7. The second-order valence-electron chi connectivity index (χ2n) is 7.29. The first-order valence-corrected chi connectivity index (χ1v) is 10.0. The number of carbonyl (C=O) groups excluding carboxylic acids is 3. The number of nitrogens with one attached hydrogen (secondary N) is 3. The maximum absolute atomic E-state index is 12.4. The minimum atomic E-state index is -0.764. The van der Waals surface area contributed by atoms with Gasteiger partial charge in [-0.2, -0.15) is 0 Å². The Morgan fingerprint density at radius 3 is 2.57 bits per heavy atom. The highest BCUT2D eigenvalue weighted by molar-refractivity contribution is 6.10. The molecule has 3 amide bonds. The molecule has 2 aromatic carbocycles. The molecule has 2 aromatic rings. The Bertz CT molecular complexity index is 938. The fourth-order valence-electron chi connectivity index (χ4n) is 3.59. The Morgan fingerprint density at radius 1 is 1.07 bits per heavy atom. The van der Waals surface area contributed by atoms with Crippen LogP contribution in [-0.4, -0.2) is 50.1 Å². The molecule has 2 heterocycles. The molecule has 0 radical (unpaired) electrons. The van der Waals surface area contributed by atoms with Crippen LogP contribution >= 0.6 is 0 Å². The van der Waals surface area contributed by atoms with E-state index in [4.69, 9.17) is 4.74 Å². The molecule has 3 N–H and O–H groups in total. The number of carbonyl (C=O) groups is 3. The van der Waals surface area contributed by atoms with E-state index in [-0.39, 0.29) is 30.6 Å². The van der Waals surface area contributed by atoms with E-state index in [1.807, 2.05) is 24.3 Å². The van der Waals surface area contributed by atoms with Crippen molar-refractivity contribution in [3.63, 3.8) is 0 Å². The Morgan fingerprint density at radius 2 is 1.80 bits per heavy atom. The monoisotopic (exact) mass is 408 g/mol. The summed E-state index contributed by atoms with van der Waals surface area (Å²) in [7, 11) is 0. The third kappa shape index (κ3) is 4.60. The van der Waals surface area contributed by atoms with Crippen molar-refractivity contribution in [1.82, 2.24) is 5.32 Å². The van der Waals surface area contributed by atoms with Crippen LogP contribution in [0.25, 0.3) is 0 Å². The van der Waals surface area contributed by atoms with E-state index in [1.165, 1.54) is 0 Å². The summed E-state index contributed by atoms with van der Waals surface area (Å²) >= 11 is 0. The topological polar surface area (TPSA) is 99.8 Å². The first kappa shape index (κ1) is 19.9. The molecular formula is C22H24N4O4. The number of fused-ring (bicyclic) bond motifs is 1. The van der Waals surface area contributed by atoms with Crippen molar-refractivity contribution in [2.75, 3.05) is 41.8 Å². The standard InChI is InChI=1S/C22H24N4O4/c27-20(23-15-5-7-16(8-6-15)26-11-13-30-14-12-26)10-9-19-22(29)24-18-4-2-1-3-17(18)21(28)25-19/h1-8,19H,9-14H2,(H,23,27)(H,24,29)(H,25,28). The molecule has 1 fully saturated rings. The second kappa shape index (κ2) is 8.96. The number of amides is 3. The molecule has 8 nitrogen and oxygen atoms in total. The second-order valence-corrected chi connectivity index (χ2v) is 7.29. The minimum absolute atomic E-state index is 0.111. The summed E-state index contributed by atoms with van der Waals surface area (Å²) in [5.41, 5.74) is 2.68. The number of morpholine rings is 1. The van der Waals surface area contributed by atoms with E-state index >= 15 is 0 Å². The molecule has 30 heavy (non-hydrogen) atoms. The molecule has 8 heteroatoms. The van der Waals surface area contributed by atoms with Crippen LogP contribution in [-0.2, 0) is 14.3 Å². The quantitative estimate of drug-likeness (QED) is 0.703. The smallest absolute Gasteiger partial charge is 0.254 e. The lowest BCUT2D eigenvalue weighted by molar-refractivity contribution is -0.118. The molecule has 2 aliphatic heterocycles. The highest BCUT2D eigenvalue weighted by Crippen LogP contribution is 2.21. The molecule has 4 rings (SSSR count). The molecule has 0 spiro atoms. The maximum Gasteiger partial charge on any atom is 0.254 e. The third-order valence-electron chi connectivity index (χ3n) is 5.24. The maximum atomic E-state index is 12.4. The predicted octanol–water partition coefficient (Wildman–Crippen LogP) is 1.99. The van der Waals surface area contributed by atoms with E-state index in [0.717, 1.165) is 32.0 Å². The van der Waals surface area contributed by atoms with Crippen molar-refractivity contribution >= 4 is 34.8 Å². The molecule has 0 aliphatic carbocycles. The fourth-order valence-corrected chi connectivity index (χ4v) is 3.59. The zero-order valence-electron chi connectivity index (χ0n) is 16.5. The van der Waals surface area contributed by atoms with E-state index < -0.39 is 6.04 Å². The Labute approximate surface area is 174 Å². The van der Waals surface area contributed by atoms with Crippen LogP contribution < -0.4 is 20.9 Å². The van der Waals surface area contributed by atoms with Gasteiger partial charge in [-0.15, -0.1) is 0 Å². The van der Waals surface area contributed by atoms with Gasteiger partial charge in [-0.05, 0) is 42.8 Å². The van der Waals surface area contributed by atoms with Gasteiger partial charge in [0.2, 0.25) is 11.8 Å². The normalized spacial score (nSPS) is 18.7. The van der Waals surface area contributed by atoms with Gasteiger partial charge in [0.15, 0.2) is 0 Å². The lowest BCUT2D eigenvalue weighted by Gasteiger charge is -2.28. The van der Waals surface area contributed by atoms with Crippen LogP contribution in [0.5, 0.6) is 0 Å². The number of anilines is 3. The summed E-state index contributed by atoms with van der Waals surface area (Å²) in [5.74, 6) is -0.859. The van der Waals surface area contributed by atoms with Gasteiger partial charge >= 0.3 is 0 Å². The first-order chi connectivity index (χ1) is 14.6. The van der Waals surface area contributed by atoms with Crippen molar-refractivity contribution in [2.24, 2.45) is 0 Å². The van der Waals surface area contributed by atoms with Gasteiger partial charge < -0.3 is 25.6 Å². The third-order valence-corrected chi connectivity index (χ3v) is 5.24. The number of benzene rings is 2. The van der Waals surface area contributed by atoms with Crippen molar-refractivity contribution in [3.05, 3.63) is 54.1 Å². The van der Waals surface area contributed by atoms with E-state index in [0.29, 0.717) is 16.9 Å². The number of hydrogen-bond acceptors (Lipinski definition) is 5. The Hall–Kier alpha value is -3.39. The fraction of sp³-hybridized carbons (Fsp3) is 0.318. The summed E-state index contributed by atoms with van der Waals surface area (Å²) < 4.78 is 5.36. The number of ether oxygens (including phenoxy) is 1. The Kier molecular flexibility index (Phi) is 5.94. The van der Waals surface area contributed by atoms with E-state index in [2.05, 4.69) is 20.9 Å². The number of rotatable bonds is 5. The first-order valence-electron chi connectivity index (χ1n) is 10.0. The Balaban J connectivity index is 1.30. The van der Waals surface area contributed by atoms with Gasteiger partial charge in [0.25, 0.3) is 5.91 Å². The minimum Gasteiger partial charge on any atom is -0.378 e. The lowest BCUT2D eigenvalue weighted by atomic mass is 10.1. The van der Waals surface area contributed by atoms with Crippen molar-refractivity contribution in [1.29, 1.82) is 0 Å². The molecule has 1 unspecified atom stereocenters. The lowest BCUT2D eigenvalue weighted by Crippen LogP contribution is -2.41. The average molecular weight is 408 g/mol. The summed E-state index contributed by atoms with van der Waals surface area (Å²) in [5, 5.41) is 8.29. The largest absolute Gasteiger partial charge is 0.378 e. The number of para-hydroxylation sites is 1. The van der Waals surface area contributed by atoms with Crippen LogP contribution in [0.15, 0.2) is 48.5 Å². The summed E-state index contributed by atoms with van der Waals surface area (Å²) in [6.07, 6.45) is 0.323. The number of nitrogens with zero attached hydrogens (tertiary/aromatic N) is 1. The molecule has 0 aromatic heterocycles. The van der Waals surface area contributed by atoms with Crippen LogP contribution in [0.2, 0.25) is 0 Å². The van der Waals surface area contributed by atoms with Crippen LogP contribution in [0.1, 0.15) is 23.2 Å². The van der Waals surface area contributed by atoms with Crippen molar-refractivity contribution < 1.29 is 19.1 Å². The van der Waals surface area contributed by atoms with Gasteiger partial charge in [-0.1, -0.05) is 12.1 Å². The predicted molar refractivity (Wildman–Crippen MR) is 114 cm³/mol. The van der Waals surface area contributed by atoms with Crippen LogP contribution in [0.3, 0.4) is 0 Å². The summed E-state index contributed by atoms with van der Waals surface area (Å²) in [6.45, 7) is 3.14. The highest BCUT2D eigenvalue weighted by Gasteiger charge is 2.27. The average Bonchev–Trinajstić information content (AvgIpc) is 2.89. The zero-order valence-corrected chi connectivity index (χ0v) is 16.5. The van der Waals surface area contributed by atoms with Crippen molar-refractivity contribution in [3.8, 4) is 0 Å². The molecule has 1 saturated heterocycles. The molecule has 2 aliphatic rings. The molecule has 0 saturated carbocycles. The van der Waals surface area contributed by atoms with E-state index in [1.54, 1.807) is 24.3 Å². The van der Waals surface area contributed by atoms with Crippen LogP contribution in [0.4, 0.5) is 17.1 Å². The van der Waals surface area contributed by atoms with Gasteiger partial charge in [-0.3, -0.25) is 14.4 Å². The molecular weight excluding hydrogens is 384 g/mol. The summed E-state index contributed by atoms with van der Waals surface area (Å²) in [4.78, 5) is 39.3.